The van der Waals surface area contributed by atoms with Crippen LogP contribution in [0.5, 0.6) is 0 Å². The van der Waals surface area contributed by atoms with Crippen molar-refractivity contribution in [2.45, 2.75) is 0 Å². The van der Waals surface area contributed by atoms with Crippen LogP contribution in [0.2, 0.25) is 0 Å². The van der Waals surface area contributed by atoms with Crippen LogP contribution in [0.25, 0.3) is 106 Å². The molecule has 0 fully saturated rings. The van der Waals surface area contributed by atoms with E-state index in [0.29, 0.717) is 11.4 Å². The lowest BCUT2D eigenvalue weighted by Gasteiger charge is -2.10. The molecule has 0 aliphatic rings. The molecule has 8 aromatic carbocycles. The lowest BCUT2D eigenvalue weighted by molar-refractivity contribution is 0.667. The van der Waals surface area contributed by atoms with Crippen LogP contribution in [0.3, 0.4) is 0 Å². The third-order valence-corrected chi connectivity index (χ3v) is 10.8. The molecule has 0 bridgehead atoms. The zero-order valence-electron chi connectivity index (χ0n) is 30.3. The number of para-hydroxylation sites is 2. The van der Waals surface area contributed by atoms with Gasteiger partial charge < -0.3 is 8.98 Å². The van der Waals surface area contributed by atoms with Crippen LogP contribution in [0.4, 0.5) is 0 Å². The zero-order chi connectivity index (χ0) is 37.0. The molecule has 4 heteroatoms. The van der Waals surface area contributed by atoms with Gasteiger partial charge in [-0.05, 0) is 75.8 Å². The molecule has 3 aromatic heterocycles. The standard InChI is InChI=1S/C52H33N3O/c1-4-14-34(15-5-1)35-26-28-36(29-27-35)49-51-50(54-52(53-49)37-16-6-2-7-17-37)48-42(23-13-25-47(48)56-51)40-19-12-18-38(32-40)39-30-31-46-44(33-39)43-22-10-11-24-45(43)55(46)41-20-8-3-9-21-41/h1-33H. The summed E-state index contributed by atoms with van der Waals surface area (Å²) in [5, 5.41) is 3.44. The van der Waals surface area contributed by atoms with Gasteiger partial charge in [-0.2, -0.15) is 0 Å². The number of hydrogen-bond acceptors (Lipinski definition) is 3. The maximum Gasteiger partial charge on any atom is 0.180 e. The molecular formula is C52H33N3O. The summed E-state index contributed by atoms with van der Waals surface area (Å²) < 4.78 is 9.08. The van der Waals surface area contributed by atoms with E-state index in [-0.39, 0.29) is 0 Å². The maximum absolute atomic E-state index is 6.72. The van der Waals surface area contributed by atoms with Gasteiger partial charge in [0.05, 0.1) is 16.4 Å². The molecule has 262 valence electrons. The van der Waals surface area contributed by atoms with Crippen LogP contribution < -0.4 is 0 Å². The molecule has 0 spiro atoms. The van der Waals surface area contributed by atoms with Crippen molar-refractivity contribution in [3.63, 3.8) is 0 Å². The average Bonchev–Trinajstić information content (AvgIpc) is 3.83. The van der Waals surface area contributed by atoms with Gasteiger partial charge in [0.1, 0.15) is 16.8 Å². The molecule has 0 atom stereocenters. The van der Waals surface area contributed by atoms with E-state index in [2.05, 4.69) is 174 Å². The topological polar surface area (TPSA) is 43.9 Å². The largest absolute Gasteiger partial charge is 0.452 e. The number of benzene rings is 8. The first-order valence-electron chi connectivity index (χ1n) is 18.9. The van der Waals surface area contributed by atoms with Crippen molar-refractivity contribution < 1.29 is 4.42 Å². The van der Waals surface area contributed by atoms with Gasteiger partial charge in [-0.15, -0.1) is 0 Å². The Hall–Kier alpha value is -7.56. The summed E-state index contributed by atoms with van der Waals surface area (Å²) in [7, 11) is 0. The summed E-state index contributed by atoms with van der Waals surface area (Å²) in [5.74, 6) is 0.662. The number of rotatable bonds is 6. The molecule has 0 aliphatic heterocycles. The SMILES string of the molecule is c1ccc(-c2ccc(-c3nc(-c4ccccc4)nc4c3oc3cccc(-c5cccc(-c6ccc7c(c6)c6ccccc6n7-c6ccccc6)c5)c34)cc2)cc1. The second-order valence-electron chi connectivity index (χ2n) is 14.2. The van der Waals surface area contributed by atoms with E-state index in [1.165, 1.54) is 27.4 Å². The molecule has 3 heterocycles. The second kappa shape index (κ2) is 13.1. The molecule has 0 unspecified atom stereocenters. The van der Waals surface area contributed by atoms with Crippen LogP contribution in [-0.2, 0) is 0 Å². The van der Waals surface area contributed by atoms with Crippen molar-refractivity contribution in [3.8, 4) is 61.7 Å². The van der Waals surface area contributed by atoms with Gasteiger partial charge in [0.15, 0.2) is 11.4 Å². The molecule has 56 heavy (non-hydrogen) atoms. The minimum Gasteiger partial charge on any atom is -0.452 e. The Morgan fingerprint density at radius 3 is 1.79 bits per heavy atom. The van der Waals surface area contributed by atoms with Crippen LogP contribution in [0.1, 0.15) is 0 Å². The Bertz CT molecular complexity index is 3220. The van der Waals surface area contributed by atoms with Gasteiger partial charge in [-0.25, -0.2) is 9.97 Å². The average molecular weight is 716 g/mol. The minimum atomic E-state index is 0.662. The van der Waals surface area contributed by atoms with Crippen molar-refractivity contribution in [1.82, 2.24) is 14.5 Å². The fraction of sp³-hybridized carbons (Fsp3) is 0. The maximum atomic E-state index is 6.72. The number of hydrogen-bond donors (Lipinski definition) is 0. The fourth-order valence-electron chi connectivity index (χ4n) is 8.16. The lowest BCUT2D eigenvalue weighted by Crippen LogP contribution is -1.94. The molecule has 11 rings (SSSR count). The summed E-state index contributed by atoms with van der Waals surface area (Å²) in [6.45, 7) is 0. The van der Waals surface area contributed by atoms with Gasteiger partial charge in [-0.3, -0.25) is 0 Å². The number of fused-ring (bicyclic) bond motifs is 6. The Kier molecular flexibility index (Phi) is 7.46. The Labute approximate surface area is 323 Å². The predicted octanol–water partition coefficient (Wildman–Crippen LogP) is 13.8. The van der Waals surface area contributed by atoms with Crippen molar-refractivity contribution in [2.75, 3.05) is 0 Å². The molecule has 0 N–H and O–H groups in total. The van der Waals surface area contributed by atoms with Crippen LogP contribution in [0.15, 0.2) is 205 Å². The molecular weight excluding hydrogens is 683 g/mol. The quantitative estimate of drug-likeness (QED) is 0.172. The molecule has 0 radical (unpaired) electrons. The van der Waals surface area contributed by atoms with E-state index < -0.39 is 0 Å². The summed E-state index contributed by atoms with van der Waals surface area (Å²) in [4.78, 5) is 10.4. The lowest BCUT2D eigenvalue weighted by atomic mass is 9.96. The minimum absolute atomic E-state index is 0.662. The number of furan rings is 1. The molecule has 0 aliphatic carbocycles. The molecule has 11 aromatic rings. The van der Waals surface area contributed by atoms with Crippen molar-refractivity contribution in [2.24, 2.45) is 0 Å². The summed E-state index contributed by atoms with van der Waals surface area (Å²) in [6.07, 6.45) is 0. The molecule has 4 nitrogen and oxygen atoms in total. The molecule has 0 amide bonds. The van der Waals surface area contributed by atoms with Crippen molar-refractivity contribution >= 4 is 43.9 Å². The monoisotopic (exact) mass is 715 g/mol. The van der Waals surface area contributed by atoms with Gasteiger partial charge in [-0.1, -0.05) is 158 Å². The molecule has 0 saturated carbocycles. The van der Waals surface area contributed by atoms with E-state index in [1.807, 2.05) is 30.3 Å². The third-order valence-electron chi connectivity index (χ3n) is 10.8. The second-order valence-corrected chi connectivity index (χ2v) is 14.2. The van der Waals surface area contributed by atoms with E-state index in [9.17, 15) is 0 Å². The number of aromatic nitrogens is 3. The first kappa shape index (κ1) is 31.9. The summed E-state index contributed by atoms with van der Waals surface area (Å²) in [6, 6.07) is 70.3. The summed E-state index contributed by atoms with van der Waals surface area (Å²) in [5.41, 5.74) is 15.3. The van der Waals surface area contributed by atoms with Gasteiger partial charge in [0, 0.05) is 27.6 Å². The number of nitrogens with zero attached hydrogens (tertiary/aromatic N) is 3. The highest BCUT2D eigenvalue weighted by atomic mass is 16.3. The van der Waals surface area contributed by atoms with Gasteiger partial charge in [0.25, 0.3) is 0 Å². The smallest absolute Gasteiger partial charge is 0.180 e. The predicted molar refractivity (Wildman–Crippen MR) is 231 cm³/mol. The van der Waals surface area contributed by atoms with Crippen LogP contribution in [0, 0.1) is 0 Å². The Morgan fingerprint density at radius 1 is 0.393 bits per heavy atom. The van der Waals surface area contributed by atoms with E-state index in [4.69, 9.17) is 14.4 Å². The van der Waals surface area contributed by atoms with E-state index >= 15 is 0 Å². The van der Waals surface area contributed by atoms with Gasteiger partial charge >= 0.3 is 0 Å². The first-order valence-corrected chi connectivity index (χ1v) is 18.9. The van der Waals surface area contributed by atoms with E-state index in [1.54, 1.807) is 0 Å². The zero-order valence-corrected chi connectivity index (χ0v) is 30.3. The fourth-order valence-corrected chi connectivity index (χ4v) is 8.16. The van der Waals surface area contributed by atoms with E-state index in [0.717, 1.165) is 66.8 Å². The first-order chi connectivity index (χ1) is 27.8. The molecule has 0 saturated heterocycles. The third kappa shape index (κ3) is 5.31. The highest BCUT2D eigenvalue weighted by Gasteiger charge is 2.21. The summed E-state index contributed by atoms with van der Waals surface area (Å²) >= 11 is 0. The highest BCUT2D eigenvalue weighted by Crippen LogP contribution is 2.42. The Morgan fingerprint density at radius 2 is 0.982 bits per heavy atom. The van der Waals surface area contributed by atoms with Crippen molar-refractivity contribution in [3.05, 3.63) is 200 Å². The van der Waals surface area contributed by atoms with Crippen LogP contribution >= 0.6 is 0 Å². The highest BCUT2D eigenvalue weighted by molar-refractivity contribution is 6.14. The normalized spacial score (nSPS) is 11.6. The van der Waals surface area contributed by atoms with Gasteiger partial charge in [0.2, 0.25) is 0 Å². The van der Waals surface area contributed by atoms with Crippen molar-refractivity contribution in [1.29, 1.82) is 0 Å². The Balaban J connectivity index is 1.07. The van der Waals surface area contributed by atoms with Crippen LogP contribution in [-0.4, -0.2) is 14.5 Å².